The highest BCUT2D eigenvalue weighted by Crippen LogP contribution is 2.26. The molecule has 11 heteroatoms. The largest absolute Gasteiger partial charge is 0.465 e. The number of hydrogen-bond donors (Lipinski definition) is 1. The molecule has 1 heterocycles. The Morgan fingerprint density at radius 3 is 2.42 bits per heavy atom. The number of nitrogens with zero attached hydrogens (tertiary/aromatic N) is 1. The average Bonchev–Trinajstić information content (AvgIpc) is 2.73. The van der Waals surface area contributed by atoms with Gasteiger partial charge in [-0.1, -0.05) is 6.92 Å². The first-order chi connectivity index (χ1) is 14.5. The first kappa shape index (κ1) is 23.2. The summed E-state index contributed by atoms with van der Waals surface area (Å²) in [6.07, 6.45) is 1.76. The Labute approximate surface area is 181 Å². The van der Waals surface area contributed by atoms with E-state index in [0.29, 0.717) is 13.1 Å². The molecule has 0 aliphatic carbocycles. The highest BCUT2D eigenvalue weighted by molar-refractivity contribution is 7.92. The summed E-state index contributed by atoms with van der Waals surface area (Å²) in [7, 11) is -6.94. The number of sulfonamides is 2. The van der Waals surface area contributed by atoms with Gasteiger partial charge in [-0.05, 0) is 61.2 Å². The topological polar surface area (TPSA) is 110 Å². The molecule has 0 aromatic heterocycles. The second kappa shape index (κ2) is 8.93. The molecule has 8 nitrogen and oxygen atoms in total. The first-order valence-electron chi connectivity index (χ1n) is 9.55. The maximum Gasteiger partial charge on any atom is 0.337 e. The maximum atomic E-state index is 14.1. The van der Waals surface area contributed by atoms with Crippen molar-refractivity contribution in [2.45, 2.75) is 29.6 Å². The van der Waals surface area contributed by atoms with E-state index < -0.39 is 36.7 Å². The molecule has 1 N–H and O–H groups in total. The van der Waals surface area contributed by atoms with E-state index in [2.05, 4.69) is 9.46 Å². The molecular formula is C20H23FN2O6S2. The van der Waals surface area contributed by atoms with Crippen LogP contribution in [-0.2, 0) is 24.8 Å². The van der Waals surface area contributed by atoms with Gasteiger partial charge in [-0.15, -0.1) is 0 Å². The Kier molecular flexibility index (Phi) is 6.68. The molecule has 1 saturated heterocycles. The van der Waals surface area contributed by atoms with Gasteiger partial charge in [0.25, 0.3) is 10.0 Å². The lowest BCUT2D eigenvalue weighted by atomic mass is 10.0. The zero-order valence-electron chi connectivity index (χ0n) is 17.0. The van der Waals surface area contributed by atoms with Crippen LogP contribution in [0.1, 0.15) is 30.1 Å². The fourth-order valence-electron chi connectivity index (χ4n) is 3.37. The predicted molar refractivity (Wildman–Crippen MR) is 112 cm³/mol. The molecule has 2 aromatic rings. The van der Waals surface area contributed by atoms with Crippen LogP contribution in [0.15, 0.2) is 52.3 Å². The number of piperidine rings is 1. The summed E-state index contributed by atoms with van der Waals surface area (Å²) in [5.41, 5.74) is -0.0738. The molecule has 0 amide bonds. The first-order valence-corrected chi connectivity index (χ1v) is 12.5. The van der Waals surface area contributed by atoms with Crippen molar-refractivity contribution < 1.29 is 30.8 Å². The molecule has 1 aliphatic rings. The molecule has 1 fully saturated rings. The summed E-state index contributed by atoms with van der Waals surface area (Å²) < 4.78 is 73.2. The molecular weight excluding hydrogens is 447 g/mol. The number of ether oxygens (including phenoxy) is 1. The van der Waals surface area contributed by atoms with Crippen molar-refractivity contribution in [3.8, 4) is 0 Å². The van der Waals surface area contributed by atoms with Gasteiger partial charge in [0.15, 0.2) is 0 Å². The number of methoxy groups -OCH3 is 1. The van der Waals surface area contributed by atoms with Crippen LogP contribution < -0.4 is 4.72 Å². The number of rotatable bonds is 6. The second-order valence-corrected chi connectivity index (χ2v) is 11.0. The Bertz CT molecular complexity index is 1180. The molecule has 2 aromatic carbocycles. The van der Waals surface area contributed by atoms with Crippen molar-refractivity contribution in [3.05, 3.63) is 53.8 Å². The number of nitrogens with one attached hydrogen (secondary N) is 1. The lowest BCUT2D eigenvalue weighted by Gasteiger charge is -2.30. The van der Waals surface area contributed by atoms with Crippen LogP contribution in [0.3, 0.4) is 0 Å². The van der Waals surface area contributed by atoms with Crippen molar-refractivity contribution in [2.75, 3.05) is 24.9 Å². The van der Waals surface area contributed by atoms with E-state index in [1.54, 1.807) is 0 Å². The standard InChI is InChI=1S/C20H23FN2O6S2/c1-14-4-3-11-23(13-14)31(27,28)17-8-6-16(7-9-17)22-30(25,26)19-12-15(20(24)29-2)5-10-18(19)21/h5-10,12,14,22H,3-4,11,13H2,1-2H3/t14-/m0/s1. The van der Waals surface area contributed by atoms with E-state index >= 15 is 0 Å². The van der Waals surface area contributed by atoms with Crippen LogP contribution in [0.4, 0.5) is 10.1 Å². The number of benzene rings is 2. The van der Waals surface area contributed by atoms with E-state index in [4.69, 9.17) is 0 Å². The lowest BCUT2D eigenvalue weighted by molar-refractivity contribution is 0.0600. The fraction of sp³-hybridized carbons (Fsp3) is 0.350. The molecule has 0 unspecified atom stereocenters. The number of halogens is 1. The van der Waals surface area contributed by atoms with Gasteiger partial charge in [-0.2, -0.15) is 4.31 Å². The quantitative estimate of drug-likeness (QED) is 0.650. The third-order valence-corrected chi connectivity index (χ3v) is 8.28. The van der Waals surface area contributed by atoms with Crippen molar-refractivity contribution >= 4 is 31.7 Å². The van der Waals surface area contributed by atoms with Gasteiger partial charge in [0.05, 0.1) is 17.6 Å². The number of hydrogen-bond acceptors (Lipinski definition) is 6. The van der Waals surface area contributed by atoms with E-state index in [9.17, 15) is 26.0 Å². The van der Waals surface area contributed by atoms with E-state index in [1.807, 2.05) is 6.92 Å². The van der Waals surface area contributed by atoms with Gasteiger partial charge in [0.1, 0.15) is 10.7 Å². The van der Waals surface area contributed by atoms with Crippen LogP contribution in [-0.4, -0.2) is 47.3 Å². The summed E-state index contributed by atoms with van der Waals surface area (Å²) >= 11 is 0. The molecule has 0 radical (unpaired) electrons. The molecule has 1 aliphatic heterocycles. The number of carbonyl (C=O) groups excluding carboxylic acids is 1. The summed E-state index contributed by atoms with van der Waals surface area (Å²) in [6.45, 7) is 2.87. The summed E-state index contributed by atoms with van der Waals surface area (Å²) in [4.78, 5) is 10.9. The van der Waals surface area contributed by atoms with Gasteiger partial charge >= 0.3 is 5.97 Å². The molecule has 1 atom stereocenters. The molecule has 31 heavy (non-hydrogen) atoms. The van der Waals surface area contributed by atoms with Gasteiger partial charge in [0, 0.05) is 18.8 Å². The third-order valence-electron chi connectivity index (χ3n) is 5.01. The second-order valence-electron chi connectivity index (χ2n) is 7.38. The Morgan fingerprint density at radius 2 is 1.81 bits per heavy atom. The van der Waals surface area contributed by atoms with Gasteiger partial charge in [0.2, 0.25) is 10.0 Å². The third kappa shape index (κ3) is 5.05. The van der Waals surface area contributed by atoms with Gasteiger partial charge in [-0.25, -0.2) is 26.0 Å². The van der Waals surface area contributed by atoms with Crippen LogP contribution in [0.2, 0.25) is 0 Å². The predicted octanol–water partition coefficient (Wildman–Crippen LogP) is 2.83. The maximum absolute atomic E-state index is 14.1. The van der Waals surface area contributed by atoms with Crippen LogP contribution in [0.5, 0.6) is 0 Å². The van der Waals surface area contributed by atoms with E-state index in [1.165, 1.54) is 28.6 Å². The normalized spacial score (nSPS) is 17.8. The molecule has 0 saturated carbocycles. The van der Waals surface area contributed by atoms with Crippen LogP contribution in [0.25, 0.3) is 0 Å². The Balaban J connectivity index is 1.83. The average molecular weight is 471 g/mol. The van der Waals surface area contributed by atoms with Gasteiger partial charge in [-0.3, -0.25) is 4.72 Å². The van der Waals surface area contributed by atoms with Crippen molar-refractivity contribution in [3.63, 3.8) is 0 Å². The highest BCUT2D eigenvalue weighted by atomic mass is 32.2. The molecule has 0 spiro atoms. The monoisotopic (exact) mass is 470 g/mol. The van der Waals surface area contributed by atoms with Crippen LogP contribution in [0, 0.1) is 11.7 Å². The number of esters is 1. The van der Waals surface area contributed by atoms with E-state index in [-0.39, 0.29) is 22.1 Å². The van der Waals surface area contributed by atoms with Crippen LogP contribution >= 0.6 is 0 Å². The Hall–Kier alpha value is -2.50. The number of anilines is 1. The Morgan fingerprint density at radius 1 is 1.13 bits per heavy atom. The zero-order chi connectivity index (χ0) is 22.8. The molecule has 3 rings (SSSR count). The fourth-order valence-corrected chi connectivity index (χ4v) is 6.13. The van der Waals surface area contributed by atoms with Crippen molar-refractivity contribution in [2.24, 2.45) is 5.92 Å². The summed E-state index contributed by atoms with van der Waals surface area (Å²) in [6, 6.07) is 8.03. The van der Waals surface area contributed by atoms with Crippen molar-refractivity contribution in [1.29, 1.82) is 0 Å². The van der Waals surface area contributed by atoms with E-state index in [0.717, 1.165) is 38.2 Å². The smallest absolute Gasteiger partial charge is 0.337 e. The number of carbonyl (C=O) groups is 1. The molecule has 168 valence electrons. The lowest BCUT2D eigenvalue weighted by Crippen LogP contribution is -2.39. The van der Waals surface area contributed by atoms with Crippen molar-refractivity contribution in [1.82, 2.24) is 4.31 Å². The molecule has 0 bridgehead atoms. The zero-order valence-corrected chi connectivity index (χ0v) is 18.7. The SMILES string of the molecule is COC(=O)c1ccc(F)c(S(=O)(=O)Nc2ccc(S(=O)(=O)N3CCC[C@H](C)C3)cc2)c1. The van der Waals surface area contributed by atoms with Gasteiger partial charge < -0.3 is 4.74 Å². The minimum atomic E-state index is -4.38. The summed E-state index contributed by atoms with van der Waals surface area (Å²) in [5.74, 6) is -1.58. The minimum Gasteiger partial charge on any atom is -0.465 e. The summed E-state index contributed by atoms with van der Waals surface area (Å²) in [5, 5.41) is 0. The minimum absolute atomic E-state index is 0.0448. The highest BCUT2D eigenvalue weighted by Gasteiger charge is 2.29.